The summed E-state index contributed by atoms with van der Waals surface area (Å²) in [6, 6.07) is 8.81. The highest BCUT2D eigenvalue weighted by molar-refractivity contribution is 5.88. The first-order valence-corrected chi connectivity index (χ1v) is 8.73. The number of carbonyl (C=O) groups is 2. The quantitative estimate of drug-likeness (QED) is 0.805. The van der Waals surface area contributed by atoms with Gasteiger partial charge in [-0.05, 0) is 31.2 Å². The summed E-state index contributed by atoms with van der Waals surface area (Å²) in [4.78, 5) is 26.3. The van der Waals surface area contributed by atoms with E-state index >= 15 is 0 Å². The topological polar surface area (TPSA) is 69.6 Å². The van der Waals surface area contributed by atoms with E-state index < -0.39 is 12.1 Å². The number of amides is 2. The maximum absolute atomic E-state index is 12.7. The van der Waals surface area contributed by atoms with Gasteiger partial charge in [0.25, 0.3) is 0 Å². The molecule has 2 N–H and O–H groups in total. The molecule has 0 spiro atoms. The number of nitrogens with one attached hydrogen (secondary N) is 1. The molecule has 1 aromatic rings. The summed E-state index contributed by atoms with van der Waals surface area (Å²) in [6.07, 6.45) is 1.16. The first-order chi connectivity index (χ1) is 11.4. The lowest BCUT2D eigenvalue weighted by Gasteiger charge is -2.31. The van der Waals surface area contributed by atoms with Crippen molar-refractivity contribution in [3.05, 3.63) is 35.9 Å². The zero-order chi connectivity index (χ0) is 17.7. The van der Waals surface area contributed by atoms with Crippen molar-refractivity contribution in [1.29, 1.82) is 0 Å². The van der Waals surface area contributed by atoms with Gasteiger partial charge in [-0.3, -0.25) is 9.59 Å². The molecule has 24 heavy (non-hydrogen) atoms. The molecule has 5 heteroatoms. The van der Waals surface area contributed by atoms with E-state index in [1.165, 1.54) is 0 Å². The number of nitrogens with zero attached hydrogens (tertiary/aromatic N) is 1. The Balaban J connectivity index is 1.95. The van der Waals surface area contributed by atoms with E-state index in [2.05, 4.69) is 5.32 Å². The summed E-state index contributed by atoms with van der Waals surface area (Å²) in [5.41, 5.74) is 0.841. The Kier molecular flexibility index (Phi) is 6.37. The first kappa shape index (κ1) is 18.5. The molecule has 0 aromatic heterocycles. The van der Waals surface area contributed by atoms with Crippen molar-refractivity contribution in [2.24, 2.45) is 5.92 Å². The molecule has 1 fully saturated rings. The molecule has 0 aliphatic carbocycles. The summed E-state index contributed by atoms with van der Waals surface area (Å²) in [7, 11) is 0. The van der Waals surface area contributed by atoms with Crippen LogP contribution in [0.2, 0.25) is 0 Å². The van der Waals surface area contributed by atoms with Crippen molar-refractivity contribution in [2.45, 2.75) is 58.2 Å². The number of likely N-dealkylation sites (tertiary alicyclic amines) is 1. The molecule has 1 heterocycles. The Morgan fingerprint density at radius 1 is 1.25 bits per heavy atom. The fraction of sp³-hybridized carbons (Fsp3) is 0.579. The maximum atomic E-state index is 12.7. The second kappa shape index (κ2) is 8.29. The molecule has 3 unspecified atom stereocenters. The zero-order valence-corrected chi connectivity index (χ0v) is 14.7. The number of hydrogen-bond donors (Lipinski definition) is 2. The highest BCUT2D eigenvalue weighted by atomic mass is 16.3. The van der Waals surface area contributed by atoms with Gasteiger partial charge in [-0.15, -0.1) is 0 Å². The van der Waals surface area contributed by atoms with Crippen LogP contribution >= 0.6 is 0 Å². The summed E-state index contributed by atoms with van der Waals surface area (Å²) < 4.78 is 0. The van der Waals surface area contributed by atoms with Crippen LogP contribution in [0.3, 0.4) is 0 Å². The molecule has 3 atom stereocenters. The Hall–Kier alpha value is -1.88. The number of aliphatic hydroxyl groups is 1. The number of hydrogen-bond acceptors (Lipinski definition) is 3. The average molecular weight is 332 g/mol. The predicted octanol–water partition coefficient (Wildman–Crippen LogP) is 2.26. The van der Waals surface area contributed by atoms with Crippen molar-refractivity contribution in [1.82, 2.24) is 10.2 Å². The third-order valence-corrected chi connectivity index (χ3v) is 4.50. The Bertz CT molecular complexity index is 559. The van der Waals surface area contributed by atoms with Gasteiger partial charge in [-0.25, -0.2) is 0 Å². The first-order valence-electron chi connectivity index (χ1n) is 8.73. The predicted molar refractivity (Wildman–Crippen MR) is 93.2 cm³/mol. The molecule has 1 aliphatic rings. The van der Waals surface area contributed by atoms with Crippen molar-refractivity contribution in [3.8, 4) is 0 Å². The second-order valence-corrected chi connectivity index (χ2v) is 6.95. The lowest BCUT2D eigenvalue weighted by molar-refractivity contribution is -0.139. The van der Waals surface area contributed by atoms with Gasteiger partial charge in [0.2, 0.25) is 11.8 Å². The second-order valence-electron chi connectivity index (χ2n) is 6.95. The van der Waals surface area contributed by atoms with E-state index in [1.54, 1.807) is 4.90 Å². The molecule has 1 saturated heterocycles. The largest absolute Gasteiger partial charge is 0.388 e. The van der Waals surface area contributed by atoms with Crippen LogP contribution in [-0.4, -0.2) is 40.4 Å². The molecule has 1 aromatic carbocycles. The van der Waals surface area contributed by atoms with Gasteiger partial charge in [-0.1, -0.05) is 44.2 Å². The van der Waals surface area contributed by atoms with Crippen molar-refractivity contribution in [2.75, 3.05) is 6.54 Å². The number of rotatable bonds is 7. The van der Waals surface area contributed by atoms with Crippen molar-refractivity contribution >= 4 is 11.8 Å². The molecular weight excluding hydrogens is 304 g/mol. The fourth-order valence-corrected chi connectivity index (χ4v) is 3.30. The van der Waals surface area contributed by atoms with Crippen LogP contribution in [-0.2, 0) is 9.59 Å². The molecule has 132 valence electrons. The SMILES string of the molecule is CC(CC(O)c1ccccc1)NC(=O)C(C(C)C)N1CCCC1=O. The zero-order valence-electron chi connectivity index (χ0n) is 14.7. The third kappa shape index (κ3) is 4.57. The van der Waals surface area contributed by atoms with Gasteiger partial charge in [0.15, 0.2) is 0 Å². The van der Waals surface area contributed by atoms with Gasteiger partial charge >= 0.3 is 0 Å². The minimum absolute atomic E-state index is 0.0540. The van der Waals surface area contributed by atoms with Crippen LogP contribution in [0.5, 0.6) is 0 Å². The number of carbonyl (C=O) groups excluding carboxylic acids is 2. The summed E-state index contributed by atoms with van der Waals surface area (Å²) >= 11 is 0. The molecule has 2 amide bonds. The van der Waals surface area contributed by atoms with E-state index in [4.69, 9.17) is 0 Å². The maximum Gasteiger partial charge on any atom is 0.243 e. The monoisotopic (exact) mass is 332 g/mol. The Morgan fingerprint density at radius 2 is 1.92 bits per heavy atom. The van der Waals surface area contributed by atoms with Crippen LogP contribution in [0.1, 0.15) is 51.7 Å². The highest BCUT2D eigenvalue weighted by Gasteiger charge is 2.35. The molecule has 0 bridgehead atoms. The average Bonchev–Trinajstić information content (AvgIpc) is 2.93. The minimum Gasteiger partial charge on any atom is -0.388 e. The van der Waals surface area contributed by atoms with Crippen LogP contribution in [0.4, 0.5) is 0 Å². The minimum atomic E-state index is -0.618. The van der Waals surface area contributed by atoms with Gasteiger partial charge in [-0.2, -0.15) is 0 Å². The Labute approximate surface area is 144 Å². The molecular formula is C19H28N2O3. The van der Waals surface area contributed by atoms with E-state index in [9.17, 15) is 14.7 Å². The lowest BCUT2D eigenvalue weighted by Crippen LogP contribution is -2.52. The lowest BCUT2D eigenvalue weighted by atomic mass is 9.99. The van der Waals surface area contributed by atoms with Crippen LogP contribution in [0.15, 0.2) is 30.3 Å². The highest BCUT2D eigenvalue weighted by Crippen LogP contribution is 2.21. The van der Waals surface area contributed by atoms with Crippen molar-refractivity contribution in [3.63, 3.8) is 0 Å². The van der Waals surface area contributed by atoms with Crippen molar-refractivity contribution < 1.29 is 14.7 Å². The number of benzene rings is 1. The molecule has 0 radical (unpaired) electrons. The molecule has 5 nitrogen and oxygen atoms in total. The van der Waals surface area contributed by atoms with Gasteiger partial charge in [0.05, 0.1) is 6.10 Å². The molecule has 0 saturated carbocycles. The molecule has 1 aliphatic heterocycles. The summed E-state index contributed by atoms with van der Waals surface area (Å²) in [6.45, 7) is 6.45. The normalized spacial score (nSPS) is 18.5. The number of aliphatic hydroxyl groups excluding tert-OH is 1. The summed E-state index contributed by atoms with van der Waals surface area (Å²) in [5.74, 6) is -0.0212. The third-order valence-electron chi connectivity index (χ3n) is 4.50. The van der Waals surface area contributed by atoms with Gasteiger partial charge in [0.1, 0.15) is 6.04 Å². The fourth-order valence-electron chi connectivity index (χ4n) is 3.30. The van der Waals surface area contributed by atoms with Crippen LogP contribution in [0.25, 0.3) is 0 Å². The van der Waals surface area contributed by atoms with Gasteiger partial charge < -0.3 is 15.3 Å². The van der Waals surface area contributed by atoms with E-state index in [0.717, 1.165) is 12.0 Å². The van der Waals surface area contributed by atoms with E-state index in [1.807, 2.05) is 51.1 Å². The van der Waals surface area contributed by atoms with Crippen LogP contribution in [0, 0.1) is 5.92 Å². The van der Waals surface area contributed by atoms with Crippen LogP contribution < -0.4 is 5.32 Å². The standard InChI is InChI=1S/C19H28N2O3/c1-13(2)18(21-11-7-10-17(21)23)19(24)20-14(3)12-16(22)15-8-5-4-6-9-15/h4-6,8-9,13-14,16,18,22H,7,10-12H2,1-3H3,(H,20,24). The van der Waals surface area contributed by atoms with E-state index in [-0.39, 0.29) is 23.8 Å². The Morgan fingerprint density at radius 3 is 2.46 bits per heavy atom. The molecule has 2 rings (SSSR count). The summed E-state index contributed by atoms with van der Waals surface area (Å²) in [5, 5.41) is 13.3. The van der Waals surface area contributed by atoms with Gasteiger partial charge in [0, 0.05) is 19.0 Å². The smallest absolute Gasteiger partial charge is 0.243 e. The van der Waals surface area contributed by atoms with E-state index in [0.29, 0.717) is 19.4 Å².